The lowest BCUT2D eigenvalue weighted by atomic mass is 9.83. The van der Waals surface area contributed by atoms with Gasteiger partial charge in [0, 0.05) is 0 Å². The summed E-state index contributed by atoms with van der Waals surface area (Å²) in [6, 6.07) is 2.86. The van der Waals surface area contributed by atoms with Crippen molar-refractivity contribution >= 4 is 0 Å². The van der Waals surface area contributed by atoms with E-state index in [-0.39, 0.29) is 11.5 Å². The molecular formula is C16H22F2O2. The Labute approximate surface area is 119 Å². The zero-order valence-corrected chi connectivity index (χ0v) is 12.1. The molecule has 0 amide bonds. The van der Waals surface area contributed by atoms with E-state index in [0.29, 0.717) is 19.1 Å². The Kier molecular flexibility index (Phi) is 5.21. The van der Waals surface area contributed by atoms with Crippen LogP contribution in [0.25, 0.3) is 0 Å². The summed E-state index contributed by atoms with van der Waals surface area (Å²) in [4.78, 5) is 0. The smallest absolute Gasteiger partial charge is 0.204 e. The average molecular weight is 284 g/mol. The lowest BCUT2D eigenvalue weighted by Crippen LogP contribution is -2.19. The Bertz CT molecular complexity index is 440. The SMILES string of the molecule is CCOc1ccc(OC[C@H]2CC[C@H](C)CC2)c(F)c1F. The quantitative estimate of drug-likeness (QED) is 0.788. The second-order valence-electron chi connectivity index (χ2n) is 5.56. The predicted octanol–water partition coefficient (Wildman–Crippen LogP) is 4.57. The van der Waals surface area contributed by atoms with Crippen LogP contribution in [-0.4, -0.2) is 13.2 Å². The summed E-state index contributed by atoms with van der Waals surface area (Å²) in [7, 11) is 0. The van der Waals surface area contributed by atoms with E-state index in [2.05, 4.69) is 6.92 Å². The van der Waals surface area contributed by atoms with Crippen molar-refractivity contribution < 1.29 is 18.3 Å². The Morgan fingerprint density at radius 1 is 1.00 bits per heavy atom. The molecule has 4 heteroatoms. The van der Waals surface area contributed by atoms with Gasteiger partial charge in [0.2, 0.25) is 11.6 Å². The molecule has 0 aliphatic heterocycles. The molecule has 20 heavy (non-hydrogen) atoms. The summed E-state index contributed by atoms with van der Waals surface area (Å²) in [6.45, 7) is 4.73. The van der Waals surface area contributed by atoms with Crippen LogP contribution in [0, 0.1) is 23.5 Å². The van der Waals surface area contributed by atoms with Gasteiger partial charge in [-0.2, -0.15) is 8.78 Å². The van der Waals surface area contributed by atoms with Crippen LogP contribution in [0.4, 0.5) is 8.78 Å². The second kappa shape index (κ2) is 6.91. The molecule has 0 heterocycles. The summed E-state index contributed by atoms with van der Waals surface area (Å²) in [6.07, 6.45) is 4.58. The van der Waals surface area contributed by atoms with Crippen LogP contribution in [0.15, 0.2) is 12.1 Å². The van der Waals surface area contributed by atoms with E-state index in [1.165, 1.54) is 25.0 Å². The maximum Gasteiger partial charge on any atom is 0.204 e. The van der Waals surface area contributed by atoms with E-state index in [1.807, 2.05) is 0 Å². The van der Waals surface area contributed by atoms with Crippen LogP contribution in [-0.2, 0) is 0 Å². The fraction of sp³-hybridized carbons (Fsp3) is 0.625. The number of benzene rings is 1. The van der Waals surface area contributed by atoms with Gasteiger partial charge in [0.15, 0.2) is 11.5 Å². The largest absolute Gasteiger partial charge is 0.491 e. The molecule has 0 radical (unpaired) electrons. The monoisotopic (exact) mass is 284 g/mol. The molecule has 0 spiro atoms. The van der Waals surface area contributed by atoms with Crippen molar-refractivity contribution in [1.82, 2.24) is 0 Å². The summed E-state index contributed by atoms with van der Waals surface area (Å²) >= 11 is 0. The molecule has 1 fully saturated rings. The molecule has 1 aliphatic rings. The van der Waals surface area contributed by atoms with E-state index < -0.39 is 11.6 Å². The molecule has 2 rings (SSSR count). The first-order valence-corrected chi connectivity index (χ1v) is 7.35. The fourth-order valence-corrected chi connectivity index (χ4v) is 2.60. The number of hydrogen-bond acceptors (Lipinski definition) is 2. The van der Waals surface area contributed by atoms with Gasteiger partial charge in [-0.25, -0.2) is 0 Å². The van der Waals surface area contributed by atoms with Crippen molar-refractivity contribution in [3.63, 3.8) is 0 Å². The van der Waals surface area contributed by atoms with Crippen LogP contribution in [0.2, 0.25) is 0 Å². The average Bonchev–Trinajstić information content (AvgIpc) is 2.45. The van der Waals surface area contributed by atoms with E-state index in [9.17, 15) is 8.78 Å². The summed E-state index contributed by atoms with van der Waals surface area (Å²) in [5.74, 6) is -0.804. The van der Waals surface area contributed by atoms with Crippen LogP contribution < -0.4 is 9.47 Å². The minimum absolute atomic E-state index is 0.0235. The number of ether oxygens (including phenoxy) is 2. The van der Waals surface area contributed by atoms with Gasteiger partial charge < -0.3 is 9.47 Å². The molecule has 1 aromatic carbocycles. The van der Waals surface area contributed by atoms with Crippen LogP contribution in [0.1, 0.15) is 39.5 Å². The molecule has 1 aromatic rings. The maximum absolute atomic E-state index is 13.8. The Morgan fingerprint density at radius 3 is 2.10 bits per heavy atom. The van der Waals surface area contributed by atoms with E-state index >= 15 is 0 Å². The predicted molar refractivity (Wildman–Crippen MR) is 74.1 cm³/mol. The topological polar surface area (TPSA) is 18.5 Å². The van der Waals surface area contributed by atoms with Gasteiger partial charge in [-0.3, -0.25) is 0 Å². The summed E-state index contributed by atoms with van der Waals surface area (Å²) < 4.78 is 38.0. The molecule has 1 saturated carbocycles. The van der Waals surface area contributed by atoms with Crippen LogP contribution >= 0.6 is 0 Å². The van der Waals surface area contributed by atoms with Crippen molar-refractivity contribution in [2.24, 2.45) is 11.8 Å². The van der Waals surface area contributed by atoms with Gasteiger partial charge in [0.05, 0.1) is 13.2 Å². The number of halogens is 2. The van der Waals surface area contributed by atoms with Gasteiger partial charge in [0.25, 0.3) is 0 Å². The first-order chi connectivity index (χ1) is 9.61. The summed E-state index contributed by atoms with van der Waals surface area (Å²) in [5.41, 5.74) is 0. The Hall–Kier alpha value is -1.32. The van der Waals surface area contributed by atoms with Gasteiger partial charge in [-0.15, -0.1) is 0 Å². The molecular weight excluding hydrogens is 262 g/mol. The minimum Gasteiger partial charge on any atom is -0.491 e. The molecule has 0 bridgehead atoms. The highest BCUT2D eigenvalue weighted by Gasteiger charge is 2.20. The maximum atomic E-state index is 13.8. The lowest BCUT2D eigenvalue weighted by molar-refractivity contribution is 0.181. The van der Waals surface area contributed by atoms with E-state index in [4.69, 9.17) is 9.47 Å². The van der Waals surface area contributed by atoms with Crippen LogP contribution in [0.5, 0.6) is 11.5 Å². The molecule has 1 aliphatic carbocycles. The van der Waals surface area contributed by atoms with Crippen molar-refractivity contribution in [3.05, 3.63) is 23.8 Å². The van der Waals surface area contributed by atoms with Gasteiger partial charge in [-0.1, -0.05) is 19.8 Å². The van der Waals surface area contributed by atoms with Crippen LogP contribution in [0.3, 0.4) is 0 Å². The van der Waals surface area contributed by atoms with E-state index in [0.717, 1.165) is 18.8 Å². The van der Waals surface area contributed by atoms with Crippen molar-refractivity contribution in [2.75, 3.05) is 13.2 Å². The highest BCUT2D eigenvalue weighted by molar-refractivity contribution is 5.35. The summed E-state index contributed by atoms with van der Waals surface area (Å²) in [5, 5.41) is 0. The second-order valence-corrected chi connectivity index (χ2v) is 5.56. The molecule has 0 saturated heterocycles. The molecule has 112 valence electrons. The first kappa shape index (κ1) is 15.1. The van der Waals surface area contributed by atoms with E-state index in [1.54, 1.807) is 6.92 Å². The Balaban J connectivity index is 1.94. The Morgan fingerprint density at radius 2 is 1.55 bits per heavy atom. The van der Waals surface area contributed by atoms with Crippen molar-refractivity contribution in [1.29, 1.82) is 0 Å². The zero-order valence-electron chi connectivity index (χ0n) is 12.1. The molecule has 0 N–H and O–H groups in total. The highest BCUT2D eigenvalue weighted by Crippen LogP contribution is 2.31. The molecule has 0 unspecified atom stereocenters. The molecule has 2 nitrogen and oxygen atoms in total. The highest BCUT2D eigenvalue weighted by atomic mass is 19.2. The molecule has 0 atom stereocenters. The first-order valence-electron chi connectivity index (χ1n) is 7.35. The number of rotatable bonds is 5. The van der Waals surface area contributed by atoms with Gasteiger partial charge in [0.1, 0.15) is 0 Å². The molecule has 0 aromatic heterocycles. The lowest BCUT2D eigenvalue weighted by Gasteiger charge is -2.26. The third-order valence-corrected chi connectivity index (χ3v) is 3.92. The number of hydrogen-bond donors (Lipinski definition) is 0. The fourth-order valence-electron chi connectivity index (χ4n) is 2.60. The normalized spacial score (nSPS) is 22.6. The van der Waals surface area contributed by atoms with Gasteiger partial charge >= 0.3 is 0 Å². The third-order valence-electron chi connectivity index (χ3n) is 3.92. The standard InChI is InChI=1S/C16H22F2O2/c1-3-19-13-8-9-14(16(18)15(13)17)20-10-12-6-4-11(2)5-7-12/h8-9,11-12H,3-7,10H2,1-2H3/t11-,12-. The van der Waals surface area contributed by atoms with Crippen molar-refractivity contribution in [3.8, 4) is 11.5 Å². The minimum atomic E-state index is -0.971. The zero-order chi connectivity index (χ0) is 14.5. The van der Waals surface area contributed by atoms with Gasteiger partial charge in [-0.05, 0) is 43.7 Å². The third kappa shape index (κ3) is 3.62. The van der Waals surface area contributed by atoms with Crippen molar-refractivity contribution in [2.45, 2.75) is 39.5 Å².